The van der Waals surface area contributed by atoms with Crippen molar-refractivity contribution >= 4 is 10.9 Å². The summed E-state index contributed by atoms with van der Waals surface area (Å²) in [5.41, 5.74) is 1.51. The predicted octanol–water partition coefficient (Wildman–Crippen LogP) is 5.02. The molecular weight excluding hydrogens is 362 g/mol. The van der Waals surface area contributed by atoms with Crippen LogP contribution in [0.15, 0.2) is 53.3 Å². The summed E-state index contributed by atoms with van der Waals surface area (Å²) in [7, 11) is 0. The Bertz CT molecular complexity index is 980. The molecule has 0 bridgehead atoms. The summed E-state index contributed by atoms with van der Waals surface area (Å²) < 4.78 is 7.31. The van der Waals surface area contributed by atoms with Crippen molar-refractivity contribution in [1.82, 2.24) is 14.9 Å². The zero-order chi connectivity index (χ0) is 20.6. The lowest BCUT2D eigenvalue weighted by molar-refractivity contribution is 0.340. The molecule has 0 saturated heterocycles. The molecule has 5 nitrogen and oxygen atoms in total. The van der Waals surface area contributed by atoms with Gasteiger partial charge in [0.25, 0.3) is 5.56 Å². The number of hydrogen-bond acceptors (Lipinski definition) is 4. The average molecular weight is 394 g/mol. The molecule has 5 heteroatoms. The summed E-state index contributed by atoms with van der Waals surface area (Å²) in [6.07, 6.45) is 4.35. The second-order valence-electron chi connectivity index (χ2n) is 7.18. The molecule has 0 saturated carbocycles. The Kier molecular flexibility index (Phi) is 7.42. The van der Waals surface area contributed by atoms with E-state index in [4.69, 9.17) is 9.72 Å². The molecule has 0 aliphatic rings. The van der Waals surface area contributed by atoms with Gasteiger partial charge in [-0.05, 0) is 62.7 Å². The lowest BCUT2D eigenvalue weighted by Crippen LogP contribution is -2.31. The van der Waals surface area contributed by atoms with E-state index in [-0.39, 0.29) is 11.6 Å². The van der Waals surface area contributed by atoms with E-state index in [1.54, 1.807) is 4.57 Å². The van der Waals surface area contributed by atoms with E-state index in [0.717, 1.165) is 42.2 Å². The highest BCUT2D eigenvalue weighted by atomic mass is 16.5. The SMILES string of the molecule is CCCCCNC(CC)c1nc2ccccc2c(=O)n1-c1ccc(OCC)cc1. The van der Waals surface area contributed by atoms with Crippen LogP contribution in [0.4, 0.5) is 0 Å². The molecule has 1 atom stereocenters. The number of para-hydroxylation sites is 1. The van der Waals surface area contributed by atoms with Gasteiger partial charge in [-0.15, -0.1) is 0 Å². The highest BCUT2D eigenvalue weighted by Gasteiger charge is 2.19. The van der Waals surface area contributed by atoms with Crippen molar-refractivity contribution in [3.63, 3.8) is 0 Å². The highest BCUT2D eigenvalue weighted by Crippen LogP contribution is 2.22. The third-order valence-corrected chi connectivity index (χ3v) is 5.10. The van der Waals surface area contributed by atoms with Crippen LogP contribution in [0, 0.1) is 0 Å². The van der Waals surface area contributed by atoms with Crippen molar-refractivity contribution in [3.05, 3.63) is 64.7 Å². The number of ether oxygens (including phenoxy) is 1. The zero-order valence-electron chi connectivity index (χ0n) is 17.6. The van der Waals surface area contributed by atoms with E-state index in [9.17, 15) is 4.79 Å². The summed E-state index contributed by atoms with van der Waals surface area (Å²) in [5, 5.41) is 4.24. The Morgan fingerprint density at radius 2 is 1.79 bits per heavy atom. The largest absolute Gasteiger partial charge is 0.494 e. The second kappa shape index (κ2) is 10.2. The number of nitrogens with zero attached hydrogens (tertiary/aromatic N) is 2. The van der Waals surface area contributed by atoms with Gasteiger partial charge in [-0.1, -0.05) is 38.8 Å². The Morgan fingerprint density at radius 1 is 1.03 bits per heavy atom. The number of rotatable bonds is 10. The first-order chi connectivity index (χ1) is 14.2. The molecule has 1 N–H and O–H groups in total. The van der Waals surface area contributed by atoms with Crippen molar-refractivity contribution in [1.29, 1.82) is 0 Å². The average Bonchev–Trinajstić information content (AvgIpc) is 2.75. The highest BCUT2D eigenvalue weighted by molar-refractivity contribution is 5.77. The second-order valence-corrected chi connectivity index (χ2v) is 7.18. The molecule has 0 aliphatic carbocycles. The molecule has 0 spiro atoms. The number of aromatic nitrogens is 2. The van der Waals surface area contributed by atoms with Crippen LogP contribution in [-0.2, 0) is 0 Å². The van der Waals surface area contributed by atoms with Gasteiger partial charge < -0.3 is 10.1 Å². The van der Waals surface area contributed by atoms with Crippen LogP contribution in [0.1, 0.15) is 58.3 Å². The molecule has 0 amide bonds. The minimum atomic E-state index is -0.0384. The fourth-order valence-electron chi connectivity index (χ4n) is 3.56. The summed E-state index contributed by atoms with van der Waals surface area (Å²) in [6, 6.07) is 15.2. The normalized spacial score (nSPS) is 12.2. The maximum Gasteiger partial charge on any atom is 0.266 e. The van der Waals surface area contributed by atoms with Gasteiger partial charge in [-0.25, -0.2) is 4.98 Å². The van der Waals surface area contributed by atoms with Crippen LogP contribution in [0.25, 0.3) is 16.6 Å². The molecule has 3 rings (SSSR count). The summed E-state index contributed by atoms with van der Waals surface area (Å²) >= 11 is 0. The van der Waals surface area contributed by atoms with Gasteiger partial charge in [0.15, 0.2) is 0 Å². The van der Waals surface area contributed by atoms with Crippen LogP contribution >= 0.6 is 0 Å². The van der Waals surface area contributed by atoms with Gasteiger partial charge in [0.1, 0.15) is 11.6 Å². The lowest BCUT2D eigenvalue weighted by atomic mass is 10.1. The maximum absolute atomic E-state index is 13.4. The monoisotopic (exact) mass is 393 g/mol. The molecule has 1 aromatic heterocycles. The molecule has 1 heterocycles. The lowest BCUT2D eigenvalue weighted by Gasteiger charge is -2.22. The van der Waals surface area contributed by atoms with Crippen molar-refractivity contribution in [3.8, 4) is 11.4 Å². The molecule has 154 valence electrons. The Morgan fingerprint density at radius 3 is 2.48 bits per heavy atom. The van der Waals surface area contributed by atoms with Crippen LogP contribution in [-0.4, -0.2) is 22.7 Å². The van der Waals surface area contributed by atoms with Gasteiger partial charge in [-0.3, -0.25) is 9.36 Å². The van der Waals surface area contributed by atoms with E-state index in [1.165, 1.54) is 12.8 Å². The van der Waals surface area contributed by atoms with E-state index in [0.29, 0.717) is 12.0 Å². The maximum atomic E-state index is 13.4. The number of benzene rings is 2. The van der Waals surface area contributed by atoms with Gasteiger partial charge in [-0.2, -0.15) is 0 Å². The number of nitrogens with one attached hydrogen (secondary N) is 1. The molecule has 2 aromatic carbocycles. The van der Waals surface area contributed by atoms with Crippen LogP contribution in [0.2, 0.25) is 0 Å². The van der Waals surface area contributed by atoms with Gasteiger partial charge >= 0.3 is 0 Å². The minimum Gasteiger partial charge on any atom is -0.494 e. The third-order valence-electron chi connectivity index (χ3n) is 5.10. The number of unbranched alkanes of at least 4 members (excludes halogenated alkanes) is 2. The van der Waals surface area contributed by atoms with Gasteiger partial charge in [0, 0.05) is 0 Å². The fraction of sp³-hybridized carbons (Fsp3) is 0.417. The predicted molar refractivity (Wildman–Crippen MR) is 119 cm³/mol. The Labute approximate surface area is 172 Å². The van der Waals surface area contributed by atoms with Crippen LogP contribution in [0.3, 0.4) is 0 Å². The van der Waals surface area contributed by atoms with Crippen molar-refractivity contribution in [2.45, 2.75) is 52.5 Å². The molecule has 0 aliphatic heterocycles. The van der Waals surface area contributed by atoms with Crippen LogP contribution < -0.4 is 15.6 Å². The topological polar surface area (TPSA) is 56.2 Å². The summed E-state index contributed by atoms with van der Waals surface area (Å²) in [6.45, 7) is 7.81. The molecule has 29 heavy (non-hydrogen) atoms. The Balaban J connectivity index is 2.09. The first-order valence-corrected chi connectivity index (χ1v) is 10.7. The Hall–Kier alpha value is -2.66. The fourth-order valence-corrected chi connectivity index (χ4v) is 3.56. The number of fused-ring (bicyclic) bond motifs is 1. The smallest absolute Gasteiger partial charge is 0.266 e. The van der Waals surface area contributed by atoms with Crippen molar-refractivity contribution in [2.75, 3.05) is 13.2 Å². The van der Waals surface area contributed by atoms with E-state index >= 15 is 0 Å². The summed E-state index contributed by atoms with van der Waals surface area (Å²) in [4.78, 5) is 18.3. The van der Waals surface area contributed by atoms with Crippen molar-refractivity contribution < 1.29 is 4.74 Å². The third kappa shape index (κ3) is 4.85. The van der Waals surface area contributed by atoms with E-state index < -0.39 is 0 Å². The molecular formula is C24H31N3O2. The van der Waals surface area contributed by atoms with Gasteiger partial charge in [0.2, 0.25) is 0 Å². The van der Waals surface area contributed by atoms with E-state index in [1.807, 2.05) is 55.5 Å². The van der Waals surface area contributed by atoms with Crippen molar-refractivity contribution in [2.24, 2.45) is 0 Å². The first-order valence-electron chi connectivity index (χ1n) is 10.7. The summed E-state index contributed by atoms with van der Waals surface area (Å²) in [5.74, 6) is 1.56. The molecule has 0 fully saturated rings. The molecule has 1 unspecified atom stereocenters. The minimum absolute atomic E-state index is 0.00994. The first kappa shape index (κ1) is 21.1. The quantitative estimate of drug-likeness (QED) is 0.492. The number of hydrogen-bond donors (Lipinski definition) is 1. The zero-order valence-corrected chi connectivity index (χ0v) is 17.6. The van der Waals surface area contributed by atoms with Crippen LogP contribution in [0.5, 0.6) is 5.75 Å². The standard InChI is InChI=1S/C24H31N3O2/c1-4-7-10-17-25-21(5-2)23-26-22-12-9-8-11-20(22)24(28)27(23)18-13-15-19(16-14-18)29-6-3/h8-9,11-16,21,25H,4-7,10,17H2,1-3H3. The van der Waals surface area contributed by atoms with Gasteiger partial charge in [0.05, 0.1) is 29.2 Å². The van der Waals surface area contributed by atoms with E-state index in [2.05, 4.69) is 19.2 Å². The molecule has 0 radical (unpaired) electrons. The molecule has 3 aromatic rings.